The SMILES string of the molecule is O=C(Nc1cccc(-c2nc(N3CCOCC3)c3oc4ncccc4c3n2)c1)C1CCN(C(=O)OCc2ccccc2)CC1. The van der Waals surface area contributed by atoms with Crippen molar-refractivity contribution in [2.45, 2.75) is 19.4 Å². The molecule has 2 fully saturated rings. The third-order valence-electron chi connectivity index (χ3n) is 8.10. The fourth-order valence-electron chi connectivity index (χ4n) is 5.70. The van der Waals surface area contributed by atoms with Crippen molar-refractivity contribution in [1.82, 2.24) is 19.9 Å². The van der Waals surface area contributed by atoms with Crippen molar-refractivity contribution in [2.24, 2.45) is 5.92 Å². The van der Waals surface area contributed by atoms with Crippen LogP contribution in [0.15, 0.2) is 77.3 Å². The minimum atomic E-state index is -0.352. The van der Waals surface area contributed by atoms with Gasteiger partial charge in [0.05, 0.1) is 18.6 Å². The predicted molar refractivity (Wildman–Crippen MR) is 165 cm³/mol. The van der Waals surface area contributed by atoms with Gasteiger partial charge in [0.25, 0.3) is 0 Å². The number of carbonyl (C=O) groups is 2. The summed E-state index contributed by atoms with van der Waals surface area (Å²) in [5.74, 6) is 0.956. The van der Waals surface area contributed by atoms with E-state index in [1.807, 2.05) is 66.7 Å². The van der Waals surface area contributed by atoms with E-state index >= 15 is 0 Å². The fraction of sp³-hybridized carbons (Fsp3) is 0.303. The van der Waals surface area contributed by atoms with Crippen LogP contribution in [-0.2, 0) is 20.9 Å². The molecule has 2 saturated heterocycles. The number of nitrogens with one attached hydrogen (secondary N) is 1. The maximum atomic E-state index is 13.2. The smallest absolute Gasteiger partial charge is 0.410 e. The number of carbonyl (C=O) groups excluding carboxylic acids is 2. The molecule has 2 aliphatic rings. The van der Waals surface area contributed by atoms with Gasteiger partial charge in [0, 0.05) is 49.5 Å². The van der Waals surface area contributed by atoms with Crippen LogP contribution in [0, 0.1) is 5.92 Å². The number of aromatic nitrogens is 3. The number of furan rings is 1. The monoisotopic (exact) mass is 592 g/mol. The lowest BCUT2D eigenvalue weighted by Gasteiger charge is -2.30. The molecule has 0 unspecified atom stereocenters. The van der Waals surface area contributed by atoms with Gasteiger partial charge in [0.15, 0.2) is 17.2 Å². The minimum Gasteiger partial charge on any atom is -0.445 e. The number of morpholine rings is 1. The van der Waals surface area contributed by atoms with Gasteiger partial charge < -0.3 is 29.0 Å². The first kappa shape index (κ1) is 27.8. The molecule has 11 heteroatoms. The summed E-state index contributed by atoms with van der Waals surface area (Å²) in [6.07, 6.45) is 2.48. The molecule has 44 heavy (non-hydrogen) atoms. The Hall–Kier alpha value is -5.03. The second-order valence-corrected chi connectivity index (χ2v) is 11.0. The third-order valence-corrected chi connectivity index (χ3v) is 8.10. The first-order valence-corrected chi connectivity index (χ1v) is 14.9. The van der Waals surface area contributed by atoms with Gasteiger partial charge in [-0.15, -0.1) is 0 Å². The van der Waals surface area contributed by atoms with Crippen LogP contribution in [0.1, 0.15) is 18.4 Å². The van der Waals surface area contributed by atoms with Crippen molar-refractivity contribution in [2.75, 3.05) is 49.6 Å². The van der Waals surface area contributed by atoms with Crippen molar-refractivity contribution in [3.63, 3.8) is 0 Å². The average Bonchev–Trinajstić information content (AvgIpc) is 3.46. The van der Waals surface area contributed by atoms with E-state index in [1.165, 1.54) is 0 Å². The summed E-state index contributed by atoms with van der Waals surface area (Å²) in [4.78, 5) is 43.8. The van der Waals surface area contributed by atoms with Crippen LogP contribution in [-0.4, -0.2) is 71.2 Å². The van der Waals surface area contributed by atoms with E-state index in [0.717, 1.165) is 16.5 Å². The molecule has 0 bridgehead atoms. The highest BCUT2D eigenvalue weighted by molar-refractivity contribution is 6.05. The molecular formula is C33H32N6O5. The van der Waals surface area contributed by atoms with Gasteiger partial charge in [0.1, 0.15) is 12.1 Å². The quantitative estimate of drug-likeness (QED) is 0.281. The minimum absolute atomic E-state index is 0.0725. The number of fused-ring (bicyclic) bond motifs is 3. The first-order chi connectivity index (χ1) is 21.6. The molecule has 1 N–H and O–H groups in total. The van der Waals surface area contributed by atoms with Crippen molar-refractivity contribution in [3.05, 3.63) is 78.5 Å². The number of ether oxygens (including phenoxy) is 2. The Labute approximate surface area is 253 Å². The molecule has 7 rings (SSSR count). The fourth-order valence-corrected chi connectivity index (χ4v) is 5.70. The number of benzene rings is 2. The predicted octanol–water partition coefficient (Wildman–Crippen LogP) is 5.26. The number of nitrogens with zero attached hydrogens (tertiary/aromatic N) is 5. The molecule has 5 heterocycles. The Kier molecular flexibility index (Phi) is 7.76. The number of rotatable bonds is 6. The second kappa shape index (κ2) is 12.3. The maximum Gasteiger partial charge on any atom is 0.410 e. The molecule has 0 atom stereocenters. The average molecular weight is 593 g/mol. The highest BCUT2D eigenvalue weighted by atomic mass is 16.6. The summed E-state index contributed by atoms with van der Waals surface area (Å²) in [5, 5.41) is 3.89. The molecule has 2 amide bonds. The van der Waals surface area contributed by atoms with E-state index in [-0.39, 0.29) is 24.5 Å². The summed E-state index contributed by atoms with van der Waals surface area (Å²) in [6.45, 7) is 3.76. The van der Waals surface area contributed by atoms with E-state index in [2.05, 4.69) is 15.2 Å². The number of pyridine rings is 1. The summed E-state index contributed by atoms with van der Waals surface area (Å²) >= 11 is 0. The molecule has 224 valence electrons. The molecular weight excluding hydrogens is 560 g/mol. The van der Waals surface area contributed by atoms with Gasteiger partial charge in [-0.3, -0.25) is 4.79 Å². The largest absolute Gasteiger partial charge is 0.445 e. The Morgan fingerprint density at radius 2 is 1.75 bits per heavy atom. The van der Waals surface area contributed by atoms with Gasteiger partial charge >= 0.3 is 6.09 Å². The highest BCUT2D eigenvalue weighted by Gasteiger charge is 2.28. The highest BCUT2D eigenvalue weighted by Crippen LogP contribution is 2.35. The van der Waals surface area contributed by atoms with Crippen LogP contribution in [0.4, 0.5) is 16.3 Å². The van der Waals surface area contributed by atoms with Gasteiger partial charge in [-0.05, 0) is 42.7 Å². The Bertz CT molecular complexity index is 1800. The summed E-state index contributed by atoms with van der Waals surface area (Å²) in [5.41, 5.74) is 4.18. The van der Waals surface area contributed by atoms with E-state index in [4.69, 9.17) is 23.9 Å². The van der Waals surface area contributed by atoms with E-state index < -0.39 is 0 Å². The lowest BCUT2D eigenvalue weighted by atomic mass is 9.96. The zero-order valence-electron chi connectivity index (χ0n) is 24.1. The third kappa shape index (κ3) is 5.78. The zero-order chi connectivity index (χ0) is 29.9. The normalized spacial score (nSPS) is 15.9. The summed E-state index contributed by atoms with van der Waals surface area (Å²) < 4.78 is 17.1. The molecule has 11 nitrogen and oxygen atoms in total. The first-order valence-electron chi connectivity index (χ1n) is 14.9. The number of likely N-dealkylation sites (tertiary alicyclic amines) is 1. The molecule has 3 aromatic heterocycles. The number of amides is 2. The Balaban J connectivity index is 1.05. The lowest BCUT2D eigenvalue weighted by Crippen LogP contribution is -2.41. The summed E-state index contributed by atoms with van der Waals surface area (Å²) in [6, 6.07) is 21.0. The van der Waals surface area contributed by atoms with Crippen LogP contribution in [0.25, 0.3) is 33.6 Å². The van der Waals surface area contributed by atoms with Crippen LogP contribution in [0.2, 0.25) is 0 Å². The lowest BCUT2D eigenvalue weighted by molar-refractivity contribution is -0.121. The molecule has 2 aliphatic heterocycles. The van der Waals surface area contributed by atoms with E-state index in [9.17, 15) is 9.59 Å². The van der Waals surface area contributed by atoms with E-state index in [1.54, 1.807) is 11.1 Å². The molecule has 0 aliphatic carbocycles. The van der Waals surface area contributed by atoms with Gasteiger partial charge in [0.2, 0.25) is 11.6 Å². The van der Waals surface area contributed by atoms with Gasteiger partial charge in [-0.2, -0.15) is 0 Å². The van der Waals surface area contributed by atoms with E-state index in [0.29, 0.717) is 86.4 Å². The second-order valence-electron chi connectivity index (χ2n) is 11.0. The standard InChI is InChI=1S/C33H32N6O5/c40-31(23-11-14-39(15-12-23)33(41)43-21-22-6-2-1-3-7-22)35-25-9-4-8-24(20-25)29-36-27-26-10-5-13-34-32(26)44-28(27)30(37-29)38-16-18-42-19-17-38/h1-10,13,20,23H,11-12,14-19,21H2,(H,35,40). The number of piperidine rings is 1. The van der Waals surface area contributed by atoms with Crippen LogP contribution < -0.4 is 10.2 Å². The Morgan fingerprint density at radius 1 is 0.932 bits per heavy atom. The molecule has 0 spiro atoms. The molecule has 2 aromatic carbocycles. The number of hydrogen-bond donors (Lipinski definition) is 1. The van der Waals surface area contributed by atoms with Crippen molar-refractivity contribution in [3.8, 4) is 11.4 Å². The van der Waals surface area contributed by atoms with Gasteiger partial charge in [-0.25, -0.2) is 19.7 Å². The zero-order valence-corrected chi connectivity index (χ0v) is 24.1. The molecule has 0 radical (unpaired) electrons. The van der Waals surface area contributed by atoms with Crippen LogP contribution >= 0.6 is 0 Å². The van der Waals surface area contributed by atoms with Crippen molar-refractivity contribution >= 4 is 45.7 Å². The van der Waals surface area contributed by atoms with Crippen LogP contribution in [0.5, 0.6) is 0 Å². The van der Waals surface area contributed by atoms with Gasteiger partial charge in [-0.1, -0.05) is 42.5 Å². The molecule has 0 saturated carbocycles. The van der Waals surface area contributed by atoms with Crippen molar-refractivity contribution < 1.29 is 23.5 Å². The number of hydrogen-bond acceptors (Lipinski definition) is 9. The number of anilines is 2. The summed E-state index contributed by atoms with van der Waals surface area (Å²) in [7, 11) is 0. The molecule has 5 aromatic rings. The maximum absolute atomic E-state index is 13.2. The topological polar surface area (TPSA) is 123 Å². The van der Waals surface area contributed by atoms with Crippen molar-refractivity contribution in [1.29, 1.82) is 0 Å². The Morgan fingerprint density at radius 3 is 2.57 bits per heavy atom. The van der Waals surface area contributed by atoms with Crippen LogP contribution in [0.3, 0.4) is 0 Å².